The number of fused-ring (bicyclic) bond motifs is 3. The van der Waals surface area contributed by atoms with Crippen molar-refractivity contribution in [2.45, 2.75) is 25.9 Å². The van der Waals surface area contributed by atoms with Crippen molar-refractivity contribution in [1.29, 1.82) is 0 Å². The van der Waals surface area contributed by atoms with Gasteiger partial charge in [0.1, 0.15) is 5.82 Å². The highest BCUT2D eigenvalue weighted by atomic mass is 32.2. The predicted octanol–water partition coefficient (Wildman–Crippen LogP) is 3.93. The number of nitrogens with zero attached hydrogens (tertiary/aromatic N) is 4. The molecule has 1 N–H and O–H groups in total. The molecule has 0 unspecified atom stereocenters. The molecule has 0 saturated carbocycles. The summed E-state index contributed by atoms with van der Waals surface area (Å²) in [5.41, 5.74) is 4.75. The van der Waals surface area contributed by atoms with E-state index in [1.807, 2.05) is 63.2 Å². The third-order valence-electron chi connectivity index (χ3n) is 4.38. The summed E-state index contributed by atoms with van der Waals surface area (Å²) in [6, 6.07) is 13.7. The van der Waals surface area contributed by atoms with Gasteiger partial charge in [0, 0.05) is 11.1 Å². The van der Waals surface area contributed by atoms with Crippen molar-refractivity contribution < 1.29 is 4.79 Å². The first-order chi connectivity index (χ1) is 13.0. The summed E-state index contributed by atoms with van der Waals surface area (Å²) >= 11 is 1.35. The monoisotopic (exact) mass is 377 g/mol. The maximum absolute atomic E-state index is 12.4. The summed E-state index contributed by atoms with van der Waals surface area (Å²) in [5, 5.41) is 8.97. The van der Waals surface area contributed by atoms with Crippen LogP contribution in [-0.2, 0) is 4.79 Å². The van der Waals surface area contributed by atoms with Crippen molar-refractivity contribution in [3.63, 3.8) is 0 Å². The third-order valence-corrected chi connectivity index (χ3v) is 5.31. The highest BCUT2D eigenvalue weighted by Gasteiger charge is 2.14. The minimum Gasteiger partial charge on any atom is -0.325 e. The van der Waals surface area contributed by atoms with Crippen LogP contribution in [0.3, 0.4) is 0 Å². The SMILES string of the molecule is Cc1nc2c3ccccc3nc(SCC(=O)Nc3ccc(C)c(C)c3)n2n1. The summed E-state index contributed by atoms with van der Waals surface area (Å²) < 4.78 is 1.71. The topological polar surface area (TPSA) is 72.2 Å². The van der Waals surface area contributed by atoms with Crippen LogP contribution in [-0.4, -0.2) is 31.2 Å². The van der Waals surface area contributed by atoms with E-state index in [2.05, 4.69) is 20.4 Å². The Morgan fingerprint density at radius 1 is 1.07 bits per heavy atom. The van der Waals surface area contributed by atoms with Crippen LogP contribution in [0.15, 0.2) is 47.6 Å². The third kappa shape index (κ3) is 3.50. The number of hydrogen-bond donors (Lipinski definition) is 1. The summed E-state index contributed by atoms with van der Waals surface area (Å²) in [6.45, 7) is 5.93. The lowest BCUT2D eigenvalue weighted by atomic mass is 10.1. The van der Waals surface area contributed by atoms with Gasteiger partial charge >= 0.3 is 0 Å². The van der Waals surface area contributed by atoms with Crippen LogP contribution < -0.4 is 5.32 Å². The fourth-order valence-electron chi connectivity index (χ4n) is 2.87. The Morgan fingerprint density at radius 2 is 1.89 bits per heavy atom. The quantitative estimate of drug-likeness (QED) is 0.431. The molecular weight excluding hydrogens is 358 g/mol. The van der Waals surface area contributed by atoms with E-state index in [1.165, 1.54) is 17.3 Å². The Hall–Kier alpha value is -2.93. The smallest absolute Gasteiger partial charge is 0.234 e. The summed E-state index contributed by atoms with van der Waals surface area (Å²) in [4.78, 5) is 21.6. The number of aryl methyl sites for hydroxylation is 3. The van der Waals surface area contributed by atoms with Crippen molar-refractivity contribution in [3.05, 3.63) is 59.4 Å². The van der Waals surface area contributed by atoms with Crippen LogP contribution in [0.2, 0.25) is 0 Å². The molecule has 0 bridgehead atoms. The van der Waals surface area contributed by atoms with Crippen LogP contribution in [0.1, 0.15) is 17.0 Å². The fourth-order valence-corrected chi connectivity index (χ4v) is 3.62. The second kappa shape index (κ2) is 7.00. The second-order valence-electron chi connectivity index (χ2n) is 6.44. The van der Waals surface area contributed by atoms with E-state index in [1.54, 1.807) is 4.52 Å². The lowest BCUT2D eigenvalue weighted by Gasteiger charge is -2.08. The van der Waals surface area contributed by atoms with Crippen LogP contribution in [0.25, 0.3) is 16.6 Å². The molecule has 0 aliphatic heterocycles. The van der Waals surface area contributed by atoms with Crippen molar-refractivity contribution in [3.8, 4) is 0 Å². The van der Waals surface area contributed by atoms with Gasteiger partial charge in [-0.05, 0) is 56.2 Å². The molecule has 7 heteroatoms. The lowest BCUT2D eigenvalue weighted by Crippen LogP contribution is -2.15. The molecule has 0 spiro atoms. The first kappa shape index (κ1) is 17.5. The van der Waals surface area contributed by atoms with Crippen molar-refractivity contribution in [1.82, 2.24) is 19.6 Å². The number of amides is 1. The second-order valence-corrected chi connectivity index (χ2v) is 7.38. The Kier molecular flexibility index (Phi) is 4.53. The molecule has 27 heavy (non-hydrogen) atoms. The summed E-state index contributed by atoms with van der Waals surface area (Å²) in [5.74, 6) is 0.838. The van der Waals surface area contributed by atoms with Gasteiger partial charge in [0.2, 0.25) is 5.91 Å². The minimum absolute atomic E-state index is 0.0804. The van der Waals surface area contributed by atoms with Crippen LogP contribution in [0.5, 0.6) is 0 Å². The van der Waals surface area contributed by atoms with Gasteiger partial charge in [0.05, 0.1) is 11.3 Å². The molecule has 6 nitrogen and oxygen atoms in total. The van der Waals surface area contributed by atoms with E-state index >= 15 is 0 Å². The first-order valence-electron chi connectivity index (χ1n) is 8.63. The molecule has 0 saturated heterocycles. The van der Waals surface area contributed by atoms with Gasteiger partial charge < -0.3 is 5.32 Å². The zero-order valence-electron chi connectivity index (χ0n) is 15.4. The molecular formula is C20H19N5OS. The molecule has 0 radical (unpaired) electrons. The summed E-state index contributed by atoms with van der Waals surface area (Å²) in [6.07, 6.45) is 0. The Morgan fingerprint density at radius 3 is 2.70 bits per heavy atom. The van der Waals surface area contributed by atoms with Crippen LogP contribution in [0.4, 0.5) is 5.69 Å². The fraction of sp³-hybridized carbons (Fsp3) is 0.200. The number of anilines is 1. The average molecular weight is 377 g/mol. The summed E-state index contributed by atoms with van der Waals surface area (Å²) in [7, 11) is 0. The Balaban J connectivity index is 1.57. The number of carbonyl (C=O) groups excluding carboxylic acids is 1. The van der Waals surface area contributed by atoms with Gasteiger partial charge in [-0.3, -0.25) is 4.79 Å². The number of aromatic nitrogens is 4. The van der Waals surface area contributed by atoms with Crippen molar-refractivity contribution in [2.24, 2.45) is 0 Å². The van der Waals surface area contributed by atoms with Crippen LogP contribution in [0, 0.1) is 20.8 Å². The van der Waals surface area contributed by atoms with Gasteiger partial charge in [0.15, 0.2) is 10.8 Å². The van der Waals surface area contributed by atoms with Gasteiger partial charge in [-0.1, -0.05) is 30.0 Å². The Labute approximate surface area is 161 Å². The van der Waals surface area contributed by atoms with E-state index in [4.69, 9.17) is 0 Å². The molecule has 0 atom stereocenters. The van der Waals surface area contributed by atoms with Crippen molar-refractivity contribution >= 4 is 39.9 Å². The molecule has 4 rings (SSSR count). The molecule has 0 aliphatic rings. The number of thioether (sulfide) groups is 1. The van der Waals surface area contributed by atoms with Crippen LogP contribution >= 0.6 is 11.8 Å². The molecule has 4 aromatic rings. The van der Waals surface area contributed by atoms with Gasteiger partial charge in [0.25, 0.3) is 0 Å². The molecule has 2 heterocycles. The zero-order chi connectivity index (χ0) is 19.0. The highest BCUT2D eigenvalue weighted by Crippen LogP contribution is 2.24. The first-order valence-corrected chi connectivity index (χ1v) is 9.62. The van der Waals surface area contributed by atoms with E-state index in [-0.39, 0.29) is 11.7 Å². The van der Waals surface area contributed by atoms with E-state index in [9.17, 15) is 4.79 Å². The molecule has 0 fully saturated rings. The number of nitrogens with one attached hydrogen (secondary N) is 1. The minimum atomic E-state index is -0.0804. The molecule has 2 aromatic heterocycles. The van der Waals surface area contributed by atoms with Gasteiger partial charge in [-0.2, -0.15) is 4.52 Å². The van der Waals surface area contributed by atoms with Gasteiger partial charge in [-0.15, -0.1) is 5.10 Å². The molecule has 0 aliphatic carbocycles. The number of benzene rings is 2. The maximum atomic E-state index is 12.4. The predicted molar refractivity (Wildman–Crippen MR) is 108 cm³/mol. The van der Waals surface area contributed by atoms with E-state index in [0.717, 1.165) is 27.8 Å². The standard InChI is InChI=1S/C20H19N5OS/c1-12-8-9-15(10-13(12)2)22-18(26)11-27-20-23-17-7-5-4-6-16(17)19-21-14(3)24-25(19)20/h4-10H,11H2,1-3H3,(H,22,26). The van der Waals surface area contributed by atoms with E-state index in [0.29, 0.717) is 11.0 Å². The lowest BCUT2D eigenvalue weighted by molar-refractivity contribution is -0.113. The molecule has 2 aromatic carbocycles. The number of rotatable bonds is 4. The maximum Gasteiger partial charge on any atom is 0.234 e. The molecule has 136 valence electrons. The number of hydrogen-bond acceptors (Lipinski definition) is 5. The van der Waals surface area contributed by atoms with E-state index < -0.39 is 0 Å². The Bertz CT molecular complexity index is 1170. The normalized spacial score (nSPS) is 11.2. The largest absolute Gasteiger partial charge is 0.325 e. The van der Waals surface area contributed by atoms with Gasteiger partial charge in [-0.25, -0.2) is 9.97 Å². The molecule has 1 amide bonds. The zero-order valence-corrected chi connectivity index (χ0v) is 16.2. The number of para-hydroxylation sites is 1. The number of carbonyl (C=O) groups is 1. The highest BCUT2D eigenvalue weighted by molar-refractivity contribution is 7.99. The average Bonchev–Trinajstić information content (AvgIpc) is 3.05. The van der Waals surface area contributed by atoms with Crippen molar-refractivity contribution in [2.75, 3.05) is 11.1 Å².